The first-order valence-electron chi connectivity index (χ1n) is 5.59. The van der Waals surface area contributed by atoms with Gasteiger partial charge in [-0.05, 0) is 30.4 Å². The predicted molar refractivity (Wildman–Crippen MR) is 62.3 cm³/mol. The smallest absolute Gasteiger partial charge is 0.322 e. The molecule has 0 spiro atoms. The Labute approximate surface area is 95.8 Å². The standard InChI is InChI=1S/C13H17NO2/c1-9-5-3-4-6-11(9)10-7-12(14-8-10)13(15)16-2/h3-6,10,12,14H,7-8H2,1-2H3/t10?,12-/m0/s1. The molecule has 0 amide bonds. The van der Waals surface area contributed by atoms with Gasteiger partial charge in [0.1, 0.15) is 6.04 Å². The number of methoxy groups -OCH3 is 1. The van der Waals surface area contributed by atoms with Crippen molar-refractivity contribution in [2.75, 3.05) is 13.7 Å². The van der Waals surface area contributed by atoms with Crippen molar-refractivity contribution >= 4 is 5.97 Å². The lowest BCUT2D eigenvalue weighted by Gasteiger charge is -2.12. The molecule has 3 nitrogen and oxygen atoms in total. The van der Waals surface area contributed by atoms with Gasteiger partial charge in [0, 0.05) is 6.54 Å². The molecule has 1 unspecified atom stereocenters. The Morgan fingerprint density at radius 1 is 1.44 bits per heavy atom. The van der Waals surface area contributed by atoms with Crippen LogP contribution in [0.4, 0.5) is 0 Å². The van der Waals surface area contributed by atoms with Gasteiger partial charge in [0.2, 0.25) is 0 Å². The zero-order chi connectivity index (χ0) is 11.5. The molecule has 1 aromatic rings. The maximum absolute atomic E-state index is 11.4. The van der Waals surface area contributed by atoms with E-state index in [1.807, 2.05) is 12.1 Å². The third kappa shape index (κ3) is 2.09. The van der Waals surface area contributed by atoms with Crippen LogP contribution in [0.2, 0.25) is 0 Å². The molecule has 0 aliphatic carbocycles. The van der Waals surface area contributed by atoms with Crippen molar-refractivity contribution in [3.8, 4) is 0 Å². The quantitative estimate of drug-likeness (QED) is 0.768. The summed E-state index contributed by atoms with van der Waals surface area (Å²) in [4.78, 5) is 11.4. The largest absolute Gasteiger partial charge is 0.468 e. The summed E-state index contributed by atoms with van der Waals surface area (Å²) in [5, 5.41) is 3.21. The van der Waals surface area contributed by atoms with Crippen LogP contribution in [0.5, 0.6) is 0 Å². The molecule has 1 aliphatic rings. The second-order valence-electron chi connectivity index (χ2n) is 4.27. The minimum Gasteiger partial charge on any atom is -0.468 e. The molecular weight excluding hydrogens is 202 g/mol. The van der Waals surface area contributed by atoms with Gasteiger partial charge in [-0.3, -0.25) is 4.79 Å². The normalized spacial score (nSPS) is 24.4. The number of hydrogen-bond acceptors (Lipinski definition) is 3. The molecule has 1 aliphatic heterocycles. The SMILES string of the molecule is COC(=O)[C@@H]1CC(c2ccccc2C)CN1. The molecule has 2 rings (SSSR count). The van der Waals surface area contributed by atoms with Crippen molar-refractivity contribution in [3.05, 3.63) is 35.4 Å². The van der Waals surface area contributed by atoms with E-state index in [1.54, 1.807) is 0 Å². The lowest BCUT2D eigenvalue weighted by molar-refractivity contribution is -0.142. The molecule has 0 radical (unpaired) electrons. The van der Waals surface area contributed by atoms with Gasteiger partial charge in [-0.25, -0.2) is 0 Å². The average Bonchev–Trinajstić information content (AvgIpc) is 2.78. The van der Waals surface area contributed by atoms with Crippen LogP contribution in [0, 0.1) is 6.92 Å². The number of nitrogens with one attached hydrogen (secondary N) is 1. The molecule has 86 valence electrons. The van der Waals surface area contributed by atoms with Gasteiger partial charge in [0.15, 0.2) is 0 Å². The molecule has 1 N–H and O–H groups in total. The second-order valence-corrected chi connectivity index (χ2v) is 4.27. The zero-order valence-electron chi connectivity index (χ0n) is 9.69. The molecule has 3 heteroatoms. The molecule has 1 saturated heterocycles. The maximum atomic E-state index is 11.4. The molecule has 0 aromatic heterocycles. The van der Waals surface area contributed by atoms with Gasteiger partial charge in [-0.15, -0.1) is 0 Å². The summed E-state index contributed by atoms with van der Waals surface area (Å²) in [6.07, 6.45) is 0.831. The highest BCUT2D eigenvalue weighted by Gasteiger charge is 2.31. The highest BCUT2D eigenvalue weighted by Crippen LogP contribution is 2.28. The number of carbonyl (C=O) groups excluding carboxylic acids is 1. The number of rotatable bonds is 2. The van der Waals surface area contributed by atoms with Crippen LogP contribution in [-0.2, 0) is 9.53 Å². The zero-order valence-corrected chi connectivity index (χ0v) is 9.69. The van der Waals surface area contributed by atoms with Gasteiger partial charge < -0.3 is 10.1 Å². The first kappa shape index (κ1) is 11.1. The topological polar surface area (TPSA) is 38.3 Å². The minimum atomic E-state index is -0.156. The molecule has 0 saturated carbocycles. The number of aryl methyl sites for hydroxylation is 1. The summed E-state index contributed by atoms with van der Waals surface area (Å²) < 4.78 is 4.75. The van der Waals surface area contributed by atoms with E-state index in [4.69, 9.17) is 4.74 Å². The predicted octanol–water partition coefficient (Wildman–Crippen LogP) is 1.61. The Kier molecular flexibility index (Phi) is 3.25. The number of benzene rings is 1. The van der Waals surface area contributed by atoms with Gasteiger partial charge in [-0.1, -0.05) is 24.3 Å². The summed E-state index contributed by atoms with van der Waals surface area (Å²) in [6.45, 7) is 2.96. The third-order valence-corrected chi connectivity index (χ3v) is 3.24. The molecule has 1 fully saturated rings. The van der Waals surface area contributed by atoms with Gasteiger partial charge in [-0.2, -0.15) is 0 Å². The van der Waals surface area contributed by atoms with E-state index in [-0.39, 0.29) is 12.0 Å². The number of hydrogen-bond donors (Lipinski definition) is 1. The lowest BCUT2D eigenvalue weighted by atomic mass is 9.93. The summed E-state index contributed by atoms with van der Waals surface area (Å²) in [5.41, 5.74) is 2.63. The summed E-state index contributed by atoms with van der Waals surface area (Å²) in [5.74, 6) is 0.265. The van der Waals surface area contributed by atoms with Crippen LogP contribution in [0.1, 0.15) is 23.5 Å². The molecule has 1 aromatic carbocycles. The van der Waals surface area contributed by atoms with Crippen LogP contribution in [0.25, 0.3) is 0 Å². The Morgan fingerprint density at radius 3 is 2.88 bits per heavy atom. The van der Waals surface area contributed by atoms with Crippen molar-refractivity contribution < 1.29 is 9.53 Å². The Hall–Kier alpha value is -1.35. The maximum Gasteiger partial charge on any atom is 0.322 e. The Bertz CT molecular complexity index is 389. The summed E-state index contributed by atoms with van der Waals surface area (Å²) >= 11 is 0. The molecule has 1 heterocycles. The number of ether oxygens (including phenoxy) is 1. The van der Waals surface area contributed by atoms with Crippen molar-refractivity contribution in [2.45, 2.75) is 25.3 Å². The van der Waals surface area contributed by atoms with E-state index < -0.39 is 0 Å². The fourth-order valence-corrected chi connectivity index (χ4v) is 2.34. The summed E-state index contributed by atoms with van der Waals surface area (Å²) in [7, 11) is 1.44. The molecule has 2 atom stereocenters. The van der Waals surface area contributed by atoms with Crippen molar-refractivity contribution in [2.24, 2.45) is 0 Å². The fraction of sp³-hybridized carbons (Fsp3) is 0.462. The lowest BCUT2D eigenvalue weighted by Crippen LogP contribution is -2.31. The first-order chi connectivity index (χ1) is 7.72. The highest BCUT2D eigenvalue weighted by atomic mass is 16.5. The van der Waals surface area contributed by atoms with Crippen LogP contribution < -0.4 is 5.32 Å². The minimum absolute atomic E-state index is 0.144. The van der Waals surface area contributed by atoms with Crippen LogP contribution in [0.3, 0.4) is 0 Å². The monoisotopic (exact) mass is 219 g/mol. The second kappa shape index (κ2) is 4.66. The van der Waals surface area contributed by atoms with Gasteiger partial charge >= 0.3 is 5.97 Å². The highest BCUT2D eigenvalue weighted by molar-refractivity contribution is 5.76. The third-order valence-electron chi connectivity index (χ3n) is 3.24. The molecular formula is C13H17NO2. The van der Waals surface area contributed by atoms with Gasteiger partial charge in [0.05, 0.1) is 7.11 Å². The average molecular weight is 219 g/mol. The van der Waals surface area contributed by atoms with Crippen molar-refractivity contribution in [3.63, 3.8) is 0 Å². The van der Waals surface area contributed by atoms with E-state index in [2.05, 4.69) is 24.4 Å². The van der Waals surface area contributed by atoms with E-state index >= 15 is 0 Å². The fourth-order valence-electron chi connectivity index (χ4n) is 2.34. The molecule has 0 bridgehead atoms. The summed E-state index contributed by atoms with van der Waals surface area (Å²) in [6, 6.07) is 8.20. The van der Waals surface area contributed by atoms with Crippen molar-refractivity contribution in [1.82, 2.24) is 5.32 Å². The van der Waals surface area contributed by atoms with Crippen LogP contribution >= 0.6 is 0 Å². The van der Waals surface area contributed by atoms with E-state index in [9.17, 15) is 4.79 Å². The van der Waals surface area contributed by atoms with E-state index in [0.29, 0.717) is 5.92 Å². The van der Waals surface area contributed by atoms with Gasteiger partial charge in [0.25, 0.3) is 0 Å². The number of carbonyl (C=O) groups is 1. The number of esters is 1. The Morgan fingerprint density at radius 2 is 2.19 bits per heavy atom. The van der Waals surface area contributed by atoms with E-state index in [1.165, 1.54) is 18.2 Å². The molecule has 16 heavy (non-hydrogen) atoms. The van der Waals surface area contributed by atoms with Crippen molar-refractivity contribution in [1.29, 1.82) is 0 Å². The first-order valence-corrected chi connectivity index (χ1v) is 5.59. The van der Waals surface area contributed by atoms with E-state index in [0.717, 1.165) is 13.0 Å². The van der Waals surface area contributed by atoms with Crippen LogP contribution in [-0.4, -0.2) is 25.7 Å². The van der Waals surface area contributed by atoms with Crippen LogP contribution in [0.15, 0.2) is 24.3 Å². The Balaban J connectivity index is 2.09.